The Morgan fingerprint density at radius 2 is 1.75 bits per heavy atom. The van der Waals surface area contributed by atoms with Gasteiger partial charge in [-0.2, -0.15) is 0 Å². The summed E-state index contributed by atoms with van der Waals surface area (Å²) in [5.41, 5.74) is 1.44. The molecular weight excluding hydrogens is 296 g/mol. The Morgan fingerprint density at radius 1 is 1.08 bits per heavy atom. The lowest BCUT2D eigenvalue weighted by Gasteiger charge is -2.34. The zero-order valence-corrected chi connectivity index (χ0v) is 15.1. The summed E-state index contributed by atoms with van der Waals surface area (Å²) in [6.45, 7) is 4.73. The Morgan fingerprint density at radius 3 is 2.42 bits per heavy atom. The molecular formula is C21H33N2O+. The van der Waals surface area contributed by atoms with Crippen molar-refractivity contribution in [3.05, 3.63) is 35.9 Å². The Hall–Kier alpha value is -1.35. The third kappa shape index (κ3) is 4.83. The summed E-state index contributed by atoms with van der Waals surface area (Å²) >= 11 is 0. The highest BCUT2D eigenvalue weighted by Gasteiger charge is 2.29. The van der Waals surface area contributed by atoms with Crippen molar-refractivity contribution >= 4 is 5.91 Å². The van der Waals surface area contributed by atoms with E-state index in [-0.39, 0.29) is 0 Å². The van der Waals surface area contributed by atoms with E-state index in [1.54, 1.807) is 4.90 Å². The summed E-state index contributed by atoms with van der Waals surface area (Å²) in [5, 5.41) is 3.35. The normalized spacial score (nSPS) is 26.7. The van der Waals surface area contributed by atoms with E-state index in [0.29, 0.717) is 23.9 Å². The van der Waals surface area contributed by atoms with Crippen molar-refractivity contribution < 1.29 is 9.69 Å². The number of carbonyl (C=O) groups excluding carboxylic acids is 1. The minimum atomic E-state index is 0.293. The molecule has 1 aliphatic carbocycles. The first-order chi connectivity index (χ1) is 11.7. The van der Waals surface area contributed by atoms with Gasteiger partial charge in [-0.1, -0.05) is 49.6 Å². The first-order valence-corrected chi connectivity index (χ1v) is 9.91. The van der Waals surface area contributed by atoms with Crippen LogP contribution in [-0.2, 0) is 11.2 Å². The molecule has 1 aromatic rings. The number of likely N-dealkylation sites (tertiary alicyclic amines) is 1. The van der Waals surface area contributed by atoms with Gasteiger partial charge in [-0.15, -0.1) is 0 Å². The van der Waals surface area contributed by atoms with E-state index in [1.165, 1.54) is 37.9 Å². The maximum atomic E-state index is 12.4. The SMILES string of the molecule is C[C@H](Cc1ccccc1)[NH+]1CCC(NC(=O)C2CCCCC2)CC1. The highest BCUT2D eigenvalue weighted by Crippen LogP contribution is 2.24. The van der Waals surface area contributed by atoms with Crippen LogP contribution in [0.15, 0.2) is 30.3 Å². The molecule has 0 bridgehead atoms. The lowest BCUT2D eigenvalue weighted by molar-refractivity contribution is -0.928. The summed E-state index contributed by atoms with van der Waals surface area (Å²) in [6, 6.07) is 11.9. The van der Waals surface area contributed by atoms with Crippen molar-refractivity contribution in [3.8, 4) is 0 Å². The van der Waals surface area contributed by atoms with Crippen molar-refractivity contribution in [1.82, 2.24) is 5.32 Å². The molecule has 0 spiro atoms. The molecule has 0 aromatic heterocycles. The highest BCUT2D eigenvalue weighted by atomic mass is 16.1. The second-order valence-electron chi connectivity index (χ2n) is 7.87. The van der Waals surface area contributed by atoms with E-state index in [4.69, 9.17) is 0 Å². The van der Waals surface area contributed by atoms with Gasteiger partial charge >= 0.3 is 0 Å². The van der Waals surface area contributed by atoms with Crippen LogP contribution in [0.3, 0.4) is 0 Å². The van der Waals surface area contributed by atoms with Gasteiger partial charge in [-0.25, -0.2) is 0 Å². The maximum absolute atomic E-state index is 12.4. The van der Waals surface area contributed by atoms with Gasteiger partial charge in [0.25, 0.3) is 0 Å². The molecule has 3 rings (SSSR count). The molecule has 0 unspecified atom stereocenters. The fourth-order valence-electron chi connectivity index (χ4n) is 4.42. The molecule has 1 saturated carbocycles. The van der Waals surface area contributed by atoms with Crippen molar-refractivity contribution in [2.75, 3.05) is 13.1 Å². The summed E-state index contributed by atoms with van der Waals surface area (Å²) in [4.78, 5) is 14.1. The van der Waals surface area contributed by atoms with Gasteiger partial charge in [-0.3, -0.25) is 4.79 Å². The molecule has 1 heterocycles. The number of hydrogen-bond donors (Lipinski definition) is 2. The van der Waals surface area contributed by atoms with Gasteiger partial charge < -0.3 is 10.2 Å². The summed E-state index contributed by atoms with van der Waals surface area (Å²) in [6.07, 6.45) is 9.39. The summed E-state index contributed by atoms with van der Waals surface area (Å²) in [5.74, 6) is 0.626. The molecule has 2 aliphatic rings. The van der Waals surface area contributed by atoms with E-state index in [9.17, 15) is 4.79 Å². The van der Waals surface area contributed by atoms with Crippen molar-refractivity contribution in [1.29, 1.82) is 0 Å². The van der Waals surface area contributed by atoms with Gasteiger partial charge in [0.1, 0.15) is 0 Å². The largest absolute Gasteiger partial charge is 0.353 e. The van der Waals surface area contributed by atoms with Crippen molar-refractivity contribution in [3.63, 3.8) is 0 Å². The minimum absolute atomic E-state index is 0.293. The zero-order valence-electron chi connectivity index (χ0n) is 15.1. The molecule has 1 atom stereocenters. The van der Waals surface area contributed by atoms with Crippen LogP contribution in [0, 0.1) is 5.92 Å². The number of quaternary nitrogens is 1. The van der Waals surface area contributed by atoms with Gasteiger partial charge in [0, 0.05) is 31.2 Å². The number of carbonyl (C=O) groups is 1. The van der Waals surface area contributed by atoms with E-state index in [0.717, 1.165) is 32.1 Å². The highest BCUT2D eigenvalue weighted by molar-refractivity contribution is 5.79. The predicted molar refractivity (Wildman–Crippen MR) is 98.0 cm³/mol. The van der Waals surface area contributed by atoms with Crippen LogP contribution >= 0.6 is 0 Å². The zero-order chi connectivity index (χ0) is 16.8. The predicted octanol–water partition coefficient (Wildman–Crippen LogP) is 2.36. The molecule has 1 aliphatic heterocycles. The van der Waals surface area contributed by atoms with E-state index >= 15 is 0 Å². The van der Waals surface area contributed by atoms with Crippen molar-refractivity contribution in [2.45, 2.75) is 70.4 Å². The van der Waals surface area contributed by atoms with Crippen LogP contribution in [-0.4, -0.2) is 31.1 Å². The molecule has 1 amide bonds. The van der Waals surface area contributed by atoms with Gasteiger partial charge in [-0.05, 0) is 25.3 Å². The lowest BCUT2D eigenvalue weighted by atomic mass is 9.88. The first kappa shape index (κ1) is 17.5. The van der Waals surface area contributed by atoms with Crippen LogP contribution < -0.4 is 10.2 Å². The van der Waals surface area contributed by atoms with Gasteiger partial charge in [0.15, 0.2) is 0 Å². The average Bonchev–Trinajstić information content (AvgIpc) is 2.64. The lowest BCUT2D eigenvalue weighted by Crippen LogP contribution is -3.16. The molecule has 0 radical (unpaired) electrons. The fraction of sp³-hybridized carbons (Fsp3) is 0.667. The molecule has 2 N–H and O–H groups in total. The standard InChI is InChI=1S/C21H32N2O/c1-17(16-18-8-4-2-5-9-18)23-14-12-20(13-15-23)22-21(24)19-10-6-3-7-11-19/h2,4-5,8-9,17,19-20H,3,6-7,10-16H2,1H3,(H,22,24)/p+1/t17-/m1/s1. The monoisotopic (exact) mass is 329 g/mol. The fourth-order valence-corrected chi connectivity index (χ4v) is 4.42. The smallest absolute Gasteiger partial charge is 0.223 e. The maximum Gasteiger partial charge on any atom is 0.223 e. The van der Waals surface area contributed by atoms with Crippen LogP contribution in [0.4, 0.5) is 0 Å². The number of hydrogen-bond acceptors (Lipinski definition) is 1. The van der Waals surface area contributed by atoms with Gasteiger partial charge in [0.05, 0.1) is 19.1 Å². The topological polar surface area (TPSA) is 33.5 Å². The van der Waals surface area contributed by atoms with Crippen LogP contribution in [0.5, 0.6) is 0 Å². The molecule has 3 nitrogen and oxygen atoms in total. The molecule has 3 heteroatoms. The molecule has 1 saturated heterocycles. The summed E-state index contributed by atoms with van der Waals surface area (Å²) in [7, 11) is 0. The number of benzene rings is 1. The van der Waals surface area contributed by atoms with Gasteiger partial charge in [0.2, 0.25) is 5.91 Å². The number of nitrogens with one attached hydrogen (secondary N) is 2. The second kappa shape index (κ2) is 8.66. The molecule has 2 fully saturated rings. The summed E-state index contributed by atoms with van der Waals surface area (Å²) < 4.78 is 0. The Kier molecular flexibility index (Phi) is 6.30. The minimum Gasteiger partial charge on any atom is -0.353 e. The van der Waals surface area contributed by atoms with E-state index in [1.807, 2.05) is 0 Å². The van der Waals surface area contributed by atoms with E-state index in [2.05, 4.69) is 42.6 Å². The van der Waals surface area contributed by atoms with Crippen molar-refractivity contribution in [2.24, 2.45) is 5.92 Å². The number of piperidine rings is 1. The third-order valence-corrected chi connectivity index (χ3v) is 6.03. The molecule has 132 valence electrons. The van der Waals surface area contributed by atoms with E-state index < -0.39 is 0 Å². The Bertz CT molecular complexity index is 502. The number of amides is 1. The van der Waals surface area contributed by atoms with Crippen LogP contribution in [0.2, 0.25) is 0 Å². The molecule has 24 heavy (non-hydrogen) atoms. The first-order valence-electron chi connectivity index (χ1n) is 9.91. The average molecular weight is 330 g/mol. The quantitative estimate of drug-likeness (QED) is 0.854. The van der Waals surface area contributed by atoms with Crippen LogP contribution in [0.1, 0.15) is 57.4 Å². The Balaban J connectivity index is 1.41. The second-order valence-corrected chi connectivity index (χ2v) is 7.87. The Labute approximate surface area is 146 Å². The number of rotatable bonds is 5. The van der Waals surface area contributed by atoms with Crippen LogP contribution in [0.25, 0.3) is 0 Å². The third-order valence-electron chi connectivity index (χ3n) is 6.03. The molecule has 1 aromatic carbocycles.